The highest BCUT2D eigenvalue weighted by atomic mass is 31.2. The van der Waals surface area contributed by atoms with E-state index in [9.17, 15) is 4.57 Å². The van der Waals surface area contributed by atoms with Crippen LogP contribution < -0.4 is 10.2 Å². The van der Waals surface area contributed by atoms with Crippen LogP contribution in [0.25, 0.3) is 10.8 Å². The Balaban J connectivity index is 1.48. The molecular weight excluding hydrogens is 421 g/mol. The summed E-state index contributed by atoms with van der Waals surface area (Å²) in [6, 6.07) is 23.1. The van der Waals surface area contributed by atoms with Crippen LogP contribution in [0.1, 0.15) is 0 Å². The number of nitrogens with zero attached hydrogens (tertiary/aromatic N) is 3. The van der Waals surface area contributed by atoms with Gasteiger partial charge in [-0.1, -0.05) is 36.4 Å². The second-order valence-electron chi connectivity index (χ2n) is 8.25. The molecule has 0 saturated carbocycles. The zero-order valence-corrected chi connectivity index (χ0v) is 19.4. The molecular formula is C25H30N3O3P. The van der Waals surface area contributed by atoms with Gasteiger partial charge in [0.15, 0.2) is 0 Å². The molecule has 168 valence electrons. The van der Waals surface area contributed by atoms with Crippen LogP contribution in [0, 0.1) is 0 Å². The fraction of sp³-hybridized carbons (Fsp3) is 0.360. The van der Waals surface area contributed by atoms with Crippen molar-refractivity contribution in [3.8, 4) is 0 Å². The number of fused-ring (bicyclic) bond motifs is 1. The number of anilines is 2. The van der Waals surface area contributed by atoms with Crippen LogP contribution in [0.15, 0.2) is 66.7 Å². The molecule has 0 atom stereocenters. The summed E-state index contributed by atoms with van der Waals surface area (Å²) in [4.78, 5) is 2.19. The normalized spacial score (nSPS) is 18.7. The first kappa shape index (κ1) is 21.6. The lowest BCUT2D eigenvalue weighted by atomic mass is 10.1. The number of ether oxygens (including phenoxy) is 2. The van der Waals surface area contributed by atoms with Crippen molar-refractivity contribution in [1.29, 1.82) is 0 Å². The zero-order valence-electron chi connectivity index (χ0n) is 18.5. The van der Waals surface area contributed by atoms with Crippen LogP contribution >= 0.6 is 7.44 Å². The number of hydrogen-bond donors (Lipinski definition) is 0. The molecule has 6 nitrogen and oxygen atoms in total. The van der Waals surface area contributed by atoms with Crippen molar-refractivity contribution in [2.75, 3.05) is 64.6 Å². The van der Waals surface area contributed by atoms with E-state index in [2.05, 4.69) is 75.9 Å². The van der Waals surface area contributed by atoms with Crippen LogP contribution in [-0.2, 0) is 14.0 Å². The lowest BCUT2D eigenvalue weighted by molar-refractivity contribution is 0.0538. The Kier molecular flexibility index (Phi) is 6.31. The number of hydrogen-bond acceptors (Lipinski definition) is 4. The lowest BCUT2D eigenvalue weighted by Gasteiger charge is -2.42. The molecule has 2 aliphatic heterocycles. The minimum Gasteiger partial charge on any atom is -0.379 e. The Morgan fingerprint density at radius 3 is 1.94 bits per heavy atom. The molecule has 3 aromatic carbocycles. The highest BCUT2D eigenvalue weighted by Gasteiger charge is 2.40. The predicted octanol–water partition coefficient (Wildman–Crippen LogP) is 4.09. The minimum atomic E-state index is -2.90. The van der Waals surface area contributed by atoms with Gasteiger partial charge in [-0.2, -0.15) is 0 Å². The summed E-state index contributed by atoms with van der Waals surface area (Å²) in [7, 11) is -0.812. The van der Waals surface area contributed by atoms with Crippen LogP contribution in [0.4, 0.5) is 11.4 Å². The van der Waals surface area contributed by atoms with Gasteiger partial charge in [-0.3, -0.25) is 4.57 Å². The third-order valence-electron chi connectivity index (χ3n) is 6.44. The smallest absolute Gasteiger partial charge is 0.246 e. The monoisotopic (exact) mass is 451 g/mol. The Morgan fingerprint density at radius 1 is 0.750 bits per heavy atom. The molecule has 5 rings (SSSR count). The van der Waals surface area contributed by atoms with Gasteiger partial charge >= 0.3 is 0 Å². The van der Waals surface area contributed by atoms with Crippen LogP contribution in [-0.4, -0.2) is 69.0 Å². The molecule has 0 bridgehead atoms. The Hall–Kier alpha value is -2.21. The Labute approximate surface area is 189 Å². The third-order valence-corrected chi connectivity index (χ3v) is 9.75. The predicted molar refractivity (Wildman–Crippen MR) is 130 cm³/mol. The first-order valence-corrected chi connectivity index (χ1v) is 12.9. The van der Waals surface area contributed by atoms with Gasteiger partial charge in [0, 0.05) is 55.3 Å². The highest BCUT2D eigenvalue weighted by Crippen LogP contribution is 2.52. The van der Waals surface area contributed by atoms with Gasteiger partial charge in [0.25, 0.3) is 0 Å². The topological polar surface area (TPSA) is 45.2 Å². The molecule has 0 spiro atoms. The minimum absolute atomic E-state index is 0.621. The van der Waals surface area contributed by atoms with Gasteiger partial charge in [0.2, 0.25) is 7.44 Å². The average Bonchev–Trinajstić information content (AvgIpc) is 2.88. The largest absolute Gasteiger partial charge is 0.379 e. The molecule has 0 aromatic heterocycles. The van der Waals surface area contributed by atoms with E-state index >= 15 is 0 Å². The molecule has 0 N–H and O–H groups in total. The molecule has 7 heteroatoms. The van der Waals surface area contributed by atoms with E-state index in [1.807, 2.05) is 12.1 Å². The van der Waals surface area contributed by atoms with E-state index in [1.54, 1.807) is 0 Å². The van der Waals surface area contributed by atoms with Crippen LogP contribution in [0.3, 0.4) is 0 Å². The second kappa shape index (κ2) is 9.34. The van der Waals surface area contributed by atoms with Crippen molar-refractivity contribution in [2.45, 2.75) is 0 Å². The van der Waals surface area contributed by atoms with Gasteiger partial charge in [0.1, 0.15) is 0 Å². The first-order valence-electron chi connectivity index (χ1n) is 11.3. The summed E-state index contributed by atoms with van der Waals surface area (Å²) in [5, 5.41) is 3.32. The van der Waals surface area contributed by atoms with E-state index in [0.29, 0.717) is 52.6 Å². The first-order chi connectivity index (χ1) is 15.7. The standard InChI is InChI=1S/C25H30N3O3P/c1-26(25-8-4-6-21-5-2-3-7-24(21)25)22-9-11-23(12-10-22)32(29,27-13-17-30-18-14-27)28-15-19-31-20-16-28/h2-12H,13-20H2,1H3. The van der Waals surface area contributed by atoms with E-state index in [-0.39, 0.29) is 0 Å². The van der Waals surface area contributed by atoms with Crippen molar-refractivity contribution in [1.82, 2.24) is 9.34 Å². The fourth-order valence-corrected chi connectivity index (χ4v) is 7.62. The maximum Gasteiger partial charge on any atom is 0.246 e. The number of morpholine rings is 2. The molecule has 2 saturated heterocycles. The van der Waals surface area contributed by atoms with Crippen molar-refractivity contribution >= 4 is 34.9 Å². The molecule has 2 heterocycles. The van der Waals surface area contributed by atoms with Crippen LogP contribution in [0.2, 0.25) is 0 Å². The quantitative estimate of drug-likeness (QED) is 0.545. The third kappa shape index (κ3) is 3.98. The maximum absolute atomic E-state index is 14.6. The molecule has 0 amide bonds. The van der Waals surface area contributed by atoms with Crippen molar-refractivity contribution < 1.29 is 14.0 Å². The number of benzene rings is 3. The van der Waals surface area contributed by atoms with Gasteiger partial charge < -0.3 is 14.4 Å². The summed E-state index contributed by atoms with van der Waals surface area (Å²) >= 11 is 0. The molecule has 2 fully saturated rings. The van der Waals surface area contributed by atoms with E-state index in [0.717, 1.165) is 16.7 Å². The summed E-state index contributed by atoms with van der Waals surface area (Å²) in [6.07, 6.45) is 0. The van der Waals surface area contributed by atoms with Gasteiger partial charge in [-0.25, -0.2) is 9.34 Å². The van der Waals surface area contributed by atoms with Gasteiger partial charge in [-0.15, -0.1) is 0 Å². The molecule has 0 radical (unpaired) electrons. The zero-order chi connectivity index (χ0) is 22.0. The Bertz CT molecular complexity index is 1080. The molecule has 0 aliphatic carbocycles. The molecule has 0 unspecified atom stereocenters. The van der Waals surface area contributed by atoms with E-state index in [1.165, 1.54) is 10.8 Å². The second-order valence-corrected chi connectivity index (χ2v) is 11.0. The fourth-order valence-electron chi connectivity index (χ4n) is 4.67. The number of rotatable bonds is 5. The average molecular weight is 452 g/mol. The Morgan fingerprint density at radius 2 is 1.31 bits per heavy atom. The summed E-state index contributed by atoms with van der Waals surface area (Å²) < 4.78 is 29.9. The summed E-state index contributed by atoms with van der Waals surface area (Å²) in [6.45, 7) is 5.23. The lowest BCUT2D eigenvalue weighted by Crippen LogP contribution is -2.46. The van der Waals surface area contributed by atoms with Gasteiger partial charge in [0.05, 0.1) is 26.4 Å². The van der Waals surface area contributed by atoms with E-state index < -0.39 is 7.44 Å². The van der Waals surface area contributed by atoms with Gasteiger partial charge in [-0.05, 0) is 35.7 Å². The molecule has 2 aliphatic rings. The maximum atomic E-state index is 14.6. The highest BCUT2D eigenvalue weighted by molar-refractivity contribution is 7.67. The van der Waals surface area contributed by atoms with Crippen molar-refractivity contribution in [3.05, 3.63) is 66.7 Å². The molecule has 3 aromatic rings. The SMILES string of the molecule is CN(c1ccc(P(=O)(N2CCOCC2)N2CCOCC2)cc1)c1cccc2ccccc12. The summed E-state index contributed by atoms with van der Waals surface area (Å²) in [5.41, 5.74) is 2.22. The van der Waals surface area contributed by atoms with E-state index in [4.69, 9.17) is 9.47 Å². The van der Waals surface area contributed by atoms with Crippen molar-refractivity contribution in [3.63, 3.8) is 0 Å². The van der Waals surface area contributed by atoms with Crippen molar-refractivity contribution in [2.24, 2.45) is 0 Å². The molecule has 32 heavy (non-hydrogen) atoms. The summed E-state index contributed by atoms with van der Waals surface area (Å²) in [5.74, 6) is 0. The van der Waals surface area contributed by atoms with Crippen LogP contribution in [0.5, 0.6) is 0 Å².